The van der Waals surface area contributed by atoms with E-state index >= 15 is 0 Å². The zero-order valence-corrected chi connectivity index (χ0v) is 10.8. The minimum atomic E-state index is 0.199. The second-order valence-electron chi connectivity index (χ2n) is 5.19. The van der Waals surface area contributed by atoms with Crippen molar-refractivity contribution in [1.29, 1.82) is 0 Å². The molecule has 1 N–H and O–H groups in total. The summed E-state index contributed by atoms with van der Waals surface area (Å²) in [6, 6.07) is 0. The molecule has 1 fully saturated rings. The minimum Gasteiger partial charge on any atom is -0.314 e. The molecule has 0 amide bonds. The van der Waals surface area contributed by atoms with Crippen molar-refractivity contribution in [2.24, 2.45) is 0 Å². The zero-order valence-electron chi connectivity index (χ0n) is 10.8. The van der Waals surface area contributed by atoms with E-state index in [4.69, 9.17) is 0 Å². The number of aromatic nitrogens is 4. The molecular weight excluding hydrogens is 226 g/mol. The van der Waals surface area contributed by atoms with Gasteiger partial charge in [-0.2, -0.15) is 0 Å². The first-order chi connectivity index (χ1) is 8.83. The van der Waals surface area contributed by atoms with Crippen molar-refractivity contribution in [2.45, 2.75) is 44.1 Å². The molecule has 5 heteroatoms. The second kappa shape index (κ2) is 4.65. The topological polar surface area (TPSA) is 55.1 Å². The van der Waals surface area contributed by atoms with Crippen molar-refractivity contribution in [3.8, 4) is 0 Å². The van der Waals surface area contributed by atoms with Crippen LogP contribution in [-0.2, 0) is 6.42 Å². The molecule has 0 bridgehead atoms. The van der Waals surface area contributed by atoms with Crippen molar-refractivity contribution in [1.82, 2.24) is 24.9 Å². The van der Waals surface area contributed by atoms with Crippen LogP contribution in [0.25, 0.3) is 5.65 Å². The van der Waals surface area contributed by atoms with Crippen LogP contribution in [0.2, 0.25) is 0 Å². The van der Waals surface area contributed by atoms with Gasteiger partial charge in [0.05, 0.1) is 6.20 Å². The summed E-state index contributed by atoms with van der Waals surface area (Å²) in [6.45, 7) is 0. The molecule has 0 aromatic carbocycles. The van der Waals surface area contributed by atoms with Gasteiger partial charge in [0.15, 0.2) is 5.65 Å². The maximum absolute atomic E-state index is 4.32. The van der Waals surface area contributed by atoms with Crippen molar-refractivity contribution in [3.05, 3.63) is 24.4 Å². The maximum Gasteiger partial charge on any atom is 0.179 e. The van der Waals surface area contributed by atoms with Crippen LogP contribution in [0.1, 0.15) is 37.9 Å². The molecule has 96 valence electrons. The van der Waals surface area contributed by atoms with Crippen LogP contribution in [0.15, 0.2) is 18.6 Å². The molecule has 1 saturated carbocycles. The quantitative estimate of drug-likeness (QED) is 0.892. The molecule has 2 aromatic heterocycles. The molecule has 0 spiro atoms. The van der Waals surface area contributed by atoms with Gasteiger partial charge in [0.1, 0.15) is 5.82 Å². The molecule has 1 aliphatic rings. The van der Waals surface area contributed by atoms with Gasteiger partial charge in [-0.1, -0.05) is 19.3 Å². The number of likely N-dealkylation sites (N-methyl/N-ethyl adjacent to an activating group) is 1. The first-order valence-corrected chi connectivity index (χ1v) is 6.66. The van der Waals surface area contributed by atoms with E-state index in [9.17, 15) is 0 Å². The predicted octanol–water partition coefficient (Wildman–Crippen LogP) is 1.59. The summed E-state index contributed by atoms with van der Waals surface area (Å²) in [5.41, 5.74) is 1.03. The van der Waals surface area contributed by atoms with Gasteiger partial charge in [-0.3, -0.25) is 9.38 Å². The van der Waals surface area contributed by atoms with E-state index < -0.39 is 0 Å². The molecule has 1 aliphatic carbocycles. The van der Waals surface area contributed by atoms with E-state index in [1.54, 1.807) is 12.4 Å². The Kier molecular flexibility index (Phi) is 2.99. The van der Waals surface area contributed by atoms with Crippen molar-refractivity contribution in [2.75, 3.05) is 7.05 Å². The van der Waals surface area contributed by atoms with Gasteiger partial charge in [0, 0.05) is 24.4 Å². The highest BCUT2D eigenvalue weighted by atomic mass is 15.3. The van der Waals surface area contributed by atoms with Gasteiger partial charge in [-0.25, -0.2) is 0 Å². The Morgan fingerprint density at radius 3 is 2.89 bits per heavy atom. The Morgan fingerprint density at radius 1 is 1.28 bits per heavy atom. The van der Waals surface area contributed by atoms with Gasteiger partial charge < -0.3 is 5.32 Å². The summed E-state index contributed by atoms with van der Waals surface area (Å²) in [4.78, 5) is 4.07. The summed E-state index contributed by atoms with van der Waals surface area (Å²) < 4.78 is 2.04. The fourth-order valence-corrected chi connectivity index (χ4v) is 2.97. The van der Waals surface area contributed by atoms with Crippen molar-refractivity contribution >= 4 is 5.65 Å². The average molecular weight is 245 g/mol. The third-order valence-corrected chi connectivity index (χ3v) is 4.12. The summed E-state index contributed by atoms with van der Waals surface area (Å²) in [5.74, 6) is 1.03. The standard InChI is InChI=1S/C13H19N5/c1-14-13(5-3-2-4-6-13)9-11-16-17-12-10-15-7-8-18(11)12/h7-8,10,14H,2-6,9H2,1H3. The van der Waals surface area contributed by atoms with E-state index in [1.807, 2.05) is 10.6 Å². The average Bonchev–Trinajstić information content (AvgIpc) is 2.83. The van der Waals surface area contributed by atoms with E-state index in [0.717, 1.165) is 17.9 Å². The number of nitrogens with one attached hydrogen (secondary N) is 1. The van der Waals surface area contributed by atoms with Gasteiger partial charge in [0.25, 0.3) is 0 Å². The highest BCUT2D eigenvalue weighted by molar-refractivity contribution is 5.34. The highest BCUT2D eigenvalue weighted by Crippen LogP contribution is 2.30. The van der Waals surface area contributed by atoms with Gasteiger partial charge in [-0.05, 0) is 19.9 Å². The van der Waals surface area contributed by atoms with Gasteiger partial charge >= 0.3 is 0 Å². The lowest BCUT2D eigenvalue weighted by Gasteiger charge is -2.36. The number of hydrogen-bond acceptors (Lipinski definition) is 4. The van der Waals surface area contributed by atoms with Crippen LogP contribution in [0, 0.1) is 0 Å². The molecule has 0 aliphatic heterocycles. The monoisotopic (exact) mass is 245 g/mol. The van der Waals surface area contributed by atoms with Crippen LogP contribution in [-0.4, -0.2) is 32.2 Å². The summed E-state index contributed by atoms with van der Waals surface area (Å²) in [6.07, 6.45) is 12.8. The molecule has 5 nitrogen and oxygen atoms in total. The molecule has 0 saturated heterocycles. The van der Waals surface area contributed by atoms with Crippen LogP contribution in [0.4, 0.5) is 0 Å². The molecule has 0 unspecified atom stereocenters. The summed E-state index contributed by atoms with van der Waals surface area (Å²) in [5, 5.41) is 12.0. The van der Waals surface area contributed by atoms with E-state index in [2.05, 4.69) is 27.5 Å². The summed E-state index contributed by atoms with van der Waals surface area (Å²) in [7, 11) is 2.07. The van der Waals surface area contributed by atoms with Crippen LogP contribution < -0.4 is 5.32 Å². The Morgan fingerprint density at radius 2 is 2.11 bits per heavy atom. The molecule has 0 atom stereocenters. The first kappa shape index (κ1) is 11.6. The van der Waals surface area contributed by atoms with Crippen molar-refractivity contribution < 1.29 is 0 Å². The van der Waals surface area contributed by atoms with E-state index in [0.29, 0.717) is 0 Å². The highest BCUT2D eigenvalue weighted by Gasteiger charge is 2.31. The number of fused-ring (bicyclic) bond motifs is 1. The van der Waals surface area contributed by atoms with Crippen LogP contribution >= 0.6 is 0 Å². The number of nitrogens with zero attached hydrogens (tertiary/aromatic N) is 4. The third kappa shape index (κ3) is 1.99. The lowest BCUT2D eigenvalue weighted by Crippen LogP contribution is -2.46. The first-order valence-electron chi connectivity index (χ1n) is 6.66. The Labute approximate surface area is 107 Å². The fourth-order valence-electron chi connectivity index (χ4n) is 2.97. The lowest BCUT2D eigenvalue weighted by molar-refractivity contribution is 0.240. The van der Waals surface area contributed by atoms with Crippen molar-refractivity contribution in [3.63, 3.8) is 0 Å². The fraction of sp³-hybridized carbons (Fsp3) is 0.615. The molecule has 2 aromatic rings. The maximum atomic E-state index is 4.32. The number of rotatable bonds is 3. The molecule has 18 heavy (non-hydrogen) atoms. The zero-order chi connectivity index (χ0) is 12.4. The van der Waals surface area contributed by atoms with E-state index in [-0.39, 0.29) is 5.54 Å². The second-order valence-corrected chi connectivity index (χ2v) is 5.19. The molecule has 0 radical (unpaired) electrons. The third-order valence-electron chi connectivity index (χ3n) is 4.12. The SMILES string of the molecule is CNC1(Cc2nnc3cnccn23)CCCCC1. The predicted molar refractivity (Wildman–Crippen MR) is 69.4 cm³/mol. The molecule has 3 rings (SSSR count). The Hall–Kier alpha value is -1.49. The van der Waals surface area contributed by atoms with E-state index in [1.165, 1.54) is 32.1 Å². The smallest absolute Gasteiger partial charge is 0.179 e. The minimum absolute atomic E-state index is 0.199. The normalized spacial score (nSPS) is 19.2. The molecular formula is C13H19N5. The Balaban J connectivity index is 1.90. The van der Waals surface area contributed by atoms with Crippen LogP contribution in [0.3, 0.4) is 0 Å². The Bertz CT molecular complexity index is 527. The lowest BCUT2D eigenvalue weighted by atomic mass is 9.79. The largest absolute Gasteiger partial charge is 0.314 e. The van der Waals surface area contributed by atoms with Gasteiger partial charge in [-0.15, -0.1) is 10.2 Å². The van der Waals surface area contributed by atoms with Gasteiger partial charge in [0.2, 0.25) is 0 Å². The number of hydrogen-bond donors (Lipinski definition) is 1. The van der Waals surface area contributed by atoms with Crippen LogP contribution in [0.5, 0.6) is 0 Å². The summed E-state index contributed by atoms with van der Waals surface area (Å²) >= 11 is 0. The molecule has 2 heterocycles.